The van der Waals surface area contributed by atoms with Gasteiger partial charge in [-0.05, 0) is 32.4 Å². The number of hydrogen-bond donors (Lipinski definition) is 1. The average Bonchev–Trinajstić information content (AvgIpc) is 2.35. The van der Waals surface area contributed by atoms with Crippen LogP contribution in [0.2, 0.25) is 0 Å². The van der Waals surface area contributed by atoms with Gasteiger partial charge in [0, 0.05) is 12.3 Å². The van der Waals surface area contributed by atoms with Gasteiger partial charge >= 0.3 is 0 Å². The van der Waals surface area contributed by atoms with Crippen molar-refractivity contribution in [2.75, 3.05) is 0 Å². The number of hydrogen-bond acceptors (Lipinski definition) is 4. The highest BCUT2D eigenvalue weighted by Gasteiger charge is 2.54. The van der Waals surface area contributed by atoms with Crippen LogP contribution in [0.3, 0.4) is 0 Å². The number of benzene rings is 1. The maximum Gasteiger partial charge on any atom is 0.146 e. The molecule has 0 aromatic heterocycles. The molecule has 1 aliphatic rings. The fourth-order valence-corrected chi connectivity index (χ4v) is 3.63. The number of halogens is 1. The SMILES string of the molecule is CC(=O)[C@@H]1C(=O)C[C@](C)(O)[C@H](C(C)=O)[C@H]1c1ccccc1F. The summed E-state index contributed by atoms with van der Waals surface area (Å²) in [5.41, 5.74) is -1.47. The van der Waals surface area contributed by atoms with Crippen molar-refractivity contribution in [1.82, 2.24) is 0 Å². The van der Waals surface area contributed by atoms with E-state index in [0.29, 0.717) is 0 Å². The maximum atomic E-state index is 14.2. The zero-order valence-electron chi connectivity index (χ0n) is 12.8. The molecule has 5 heteroatoms. The average molecular weight is 306 g/mol. The third-order valence-electron chi connectivity index (χ3n) is 4.41. The molecule has 0 bridgehead atoms. The zero-order chi connectivity index (χ0) is 16.7. The Balaban J connectivity index is 2.68. The van der Waals surface area contributed by atoms with Gasteiger partial charge in [0.15, 0.2) is 0 Å². The van der Waals surface area contributed by atoms with Gasteiger partial charge in [-0.25, -0.2) is 4.39 Å². The lowest BCUT2D eigenvalue weighted by atomic mass is 9.60. The van der Waals surface area contributed by atoms with Crippen molar-refractivity contribution in [3.05, 3.63) is 35.6 Å². The van der Waals surface area contributed by atoms with Crippen LogP contribution in [0.15, 0.2) is 24.3 Å². The van der Waals surface area contributed by atoms with Crippen LogP contribution in [0.5, 0.6) is 0 Å². The third-order valence-corrected chi connectivity index (χ3v) is 4.41. The molecule has 1 fully saturated rings. The van der Waals surface area contributed by atoms with E-state index < -0.39 is 40.7 Å². The molecule has 4 nitrogen and oxygen atoms in total. The molecule has 0 spiro atoms. The number of rotatable bonds is 3. The molecule has 0 radical (unpaired) electrons. The highest BCUT2D eigenvalue weighted by Crippen LogP contribution is 2.46. The quantitative estimate of drug-likeness (QED) is 0.868. The van der Waals surface area contributed by atoms with Gasteiger partial charge in [-0.15, -0.1) is 0 Å². The highest BCUT2D eigenvalue weighted by atomic mass is 19.1. The molecule has 118 valence electrons. The fourth-order valence-electron chi connectivity index (χ4n) is 3.63. The maximum absolute atomic E-state index is 14.2. The van der Waals surface area contributed by atoms with E-state index in [0.717, 1.165) is 0 Å². The monoisotopic (exact) mass is 306 g/mol. The molecule has 0 saturated heterocycles. The van der Waals surface area contributed by atoms with E-state index in [1.54, 1.807) is 6.07 Å². The lowest BCUT2D eigenvalue weighted by Gasteiger charge is -2.44. The first kappa shape index (κ1) is 16.5. The summed E-state index contributed by atoms with van der Waals surface area (Å²) >= 11 is 0. The smallest absolute Gasteiger partial charge is 0.146 e. The number of aliphatic hydroxyl groups is 1. The van der Waals surface area contributed by atoms with Gasteiger partial charge in [0.2, 0.25) is 0 Å². The van der Waals surface area contributed by atoms with E-state index in [1.807, 2.05) is 0 Å². The molecular formula is C17H19FO4. The van der Waals surface area contributed by atoms with E-state index in [1.165, 1.54) is 39.0 Å². The van der Waals surface area contributed by atoms with Crippen molar-refractivity contribution < 1.29 is 23.9 Å². The number of carbonyl (C=O) groups excluding carboxylic acids is 3. The summed E-state index contributed by atoms with van der Waals surface area (Å²) < 4.78 is 14.2. The molecule has 4 atom stereocenters. The van der Waals surface area contributed by atoms with Crippen LogP contribution in [0, 0.1) is 17.7 Å². The van der Waals surface area contributed by atoms with Crippen LogP contribution >= 0.6 is 0 Å². The van der Waals surface area contributed by atoms with Crippen molar-refractivity contribution >= 4 is 17.3 Å². The number of carbonyl (C=O) groups is 3. The minimum absolute atomic E-state index is 0.122. The van der Waals surface area contributed by atoms with Crippen LogP contribution in [-0.4, -0.2) is 28.1 Å². The van der Waals surface area contributed by atoms with Crippen LogP contribution in [0.1, 0.15) is 38.7 Å². The van der Waals surface area contributed by atoms with Crippen LogP contribution in [0.4, 0.5) is 4.39 Å². The summed E-state index contributed by atoms with van der Waals surface area (Å²) in [6, 6.07) is 5.76. The van der Waals surface area contributed by atoms with Crippen LogP contribution in [-0.2, 0) is 14.4 Å². The van der Waals surface area contributed by atoms with Crippen LogP contribution < -0.4 is 0 Å². The largest absolute Gasteiger partial charge is 0.389 e. The Hall–Kier alpha value is -1.88. The van der Waals surface area contributed by atoms with Gasteiger partial charge in [-0.2, -0.15) is 0 Å². The molecule has 1 N–H and O–H groups in total. The molecule has 0 unspecified atom stereocenters. The Kier molecular flexibility index (Phi) is 4.29. The Morgan fingerprint density at radius 1 is 1.23 bits per heavy atom. The highest BCUT2D eigenvalue weighted by molar-refractivity contribution is 6.05. The van der Waals surface area contributed by atoms with Gasteiger partial charge in [-0.3, -0.25) is 14.4 Å². The molecule has 0 amide bonds. The molecule has 1 saturated carbocycles. The second-order valence-corrected chi connectivity index (χ2v) is 6.22. The first-order valence-electron chi connectivity index (χ1n) is 7.17. The molecule has 0 aliphatic heterocycles. The Labute approximate surface area is 128 Å². The fraction of sp³-hybridized carbons (Fsp3) is 0.471. The first-order valence-corrected chi connectivity index (χ1v) is 7.17. The lowest BCUT2D eigenvalue weighted by Crippen LogP contribution is -2.54. The Morgan fingerprint density at radius 3 is 2.32 bits per heavy atom. The van der Waals surface area contributed by atoms with Gasteiger partial charge in [0.1, 0.15) is 23.2 Å². The second kappa shape index (κ2) is 5.72. The summed E-state index contributed by atoms with van der Waals surface area (Å²) in [5, 5.41) is 10.5. The van der Waals surface area contributed by atoms with Gasteiger partial charge in [0.05, 0.1) is 17.4 Å². The van der Waals surface area contributed by atoms with Crippen LogP contribution in [0.25, 0.3) is 0 Å². The molecule has 22 heavy (non-hydrogen) atoms. The van der Waals surface area contributed by atoms with E-state index in [9.17, 15) is 23.9 Å². The number of ketones is 3. The lowest BCUT2D eigenvalue weighted by molar-refractivity contribution is -0.151. The van der Waals surface area contributed by atoms with Gasteiger partial charge in [0.25, 0.3) is 0 Å². The summed E-state index contributed by atoms with van der Waals surface area (Å²) in [7, 11) is 0. The van der Waals surface area contributed by atoms with Gasteiger partial charge < -0.3 is 5.11 Å². The summed E-state index contributed by atoms with van der Waals surface area (Å²) in [6.45, 7) is 3.94. The molecule has 1 aromatic rings. The molecular weight excluding hydrogens is 287 g/mol. The standard InChI is InChI=1S/C17H19FO4/c1-9(19)14-13(21)8-17(3,22)16(10(2)20)15(14)11-6-4-5-7-12(11)18/h4-7,14-16,22H,8H2,1-3H3/t14-,15+,16-,17+/m1/s1. The van der Waals surface area contributed by atoms with E-state index >= 15 is 0 Å². The van der Waals surface area contributed by atoms with E-state index in [-0.39, 0.29) is 17.8 Å². The topological polar surface area (TPSA) is 71.4 Å². The third kappa shape index (κ3) is 2.73. The first-order chi connectivity index (χ1) is 10.2. The predicted molar refractivity (Wildman–Crippen MR) is 77.7 cm³/mol. The zero-order valence-corrected chi connectivity index (χ0v) is 12.8. The molecule has 0 heterocycles. The normalized spacial score (nSPS) is 31.9. The van der Waals surface area contributed by atoms with Crippen molar-refractivity contribution in [1.29, 1.82) is 0 Å². The van der Waals surface area contributed by atoms with Gasteiger partial charge in [-0.1, -0.05) is 18.2 Å². The molecule has 1 aromatic carbocycles. The van der Waals surface area contributed by atoms with E-state index in [2.05, 4.69) is 0 Å². The molecule has 1 aliphatic carbocycles. The Morgan fingerprint density at radius 2 is 1.82 bits per heavy atom. The van der Waals surface area contributed by atoms with Crippen molar-refractivity contribution in [2.45, 2.75) is 38.7 Å². The Bertz CT molecular complexity index is 635. The van der Waals surface area contributed by atoms with E-state index in [4.69, 9.17) is 0 Å². The van der Waals surface area contributed by atoms with Crippen molar-refractivity contribution in [3.63, 3.8) is 0 Å². The second-order valence-electron chi connectivity index (χ2n) is 6.22. The minimum atomic E-state index is -1.60. The summed E-state index contributed by atoms with van der Waals surface area (Å²) in [5.74, 6) is -4.91. The predicted octanol–water partition coefficient (Wildman–Crippen LogP) is 2.04. The van der Waals surface area contributed by atoms with Crippen molar-refractivity contribution in [3.8, 4) is 0 Å². The number of Topliss-reactive ketones (excluding diaryl/α,β-unsaturated/α-hetero) is 3. The summed E-state index contributed by atoms with van der Waals surface area (Å²) in [4.78, 5) is 36.3. The molecule has 2 rings (SSSR count). The summed E-state index contributed by atoms with van der Waals surface area (Å²) in [6.07, 6.45) is -0.285. The van der Waals surface area contributed by atoms with Crippen molar-refractivity contribution in [2.24, 2.45) is 11.8 Å². The minimum Gasteiger partial charge on any atom is -0.389 e.